The second-order valence-electron chi connectivity index (χ2n) is 7.47. The summed E-state index contributed by atoms with van der Waals surface area (Å²) in [5.41, 5.74) is 6.42. The van der Waals surface area contributed by atoms with Gasteiger partial charge in [0.2, 0.25) is 0 Å². The van der Waals surface area contributed by atoms with Crippen LogP contribution in [0, 0.1) is 0 Å². The van der Waals surface area contributed by atoms with E-state index >= 15 is 0 Å². The van der Waals surface area contributed by atoms with E-state index in [2.05, 4.69) is 86.6 Å². The lowest BCUT2D eigenvalue weighted by Crippen LogP contribution is -2.10. The Labute approximate surface area is 144 Å². The number of nitrogens with zero attached hydrogens (tertiary/aromatic N) is 1. The first-order valence-electron chi connectivity index (χ1n) is 8.99. The first-order chi connectivity index (χ1) is 10.7. The molecule has 0 radical (unpaired) electrons. The van der Waals surface area contributed by atoms with Crippen molar-refractivity contribution in [2.24, 2.45) is 4.99 Å². The zero-order valence-corrected chi connectivity index (χ0v) is 16.9. The highest BCUT2D eigenvalue weighted by Crippen LogP contribution is 2.27. The molecule has 0 saturated heterocycles. The molecule has 0 aliphatic heterocycles. The fourth-order valence-electron chi connectivity index (χ4n) is 2.25. The summed E-state index contributed by atoms with van der Waals surface area (Å²) in [4.78, 5) is 4.75. The summed E-state index contributed by atoms with van der Waals surface area (Å²) in [7, 11) is 0. The zero-order valence-electron chi connectivity index (χ0n) is 16.9. The van der Waals surface area contributed by atoms with Gasteiger partial charge in [0.15, 0.2) is 0 Å². The van der Waals surface area contributed by atoms with Gasteiger partial charge in [-0.15, -0.1) is 0 Å². The van der Waals surface area contributed by atoms with Crippen LogP contribution in [0.1, 0.15) is 92.7 Å². The number of hydrogen-bond acceptors (Lipinski definition) is 1. The summed E-state index contributed by atoms with van der Waals surface area (Å²) in [6.45, 7) is 19.5. The van der Waals surface area contributed by atoms with Gasteiger partial charge in [0.25, 0.3) is 0 Å². The van der Waals surface area contributed by atoms with Crippen LogP contribution < -0.4 is 0 Å². The lowest BCUT2D eigenvalue weighted by molar-refractivity contribution is 0.590. The number of allylic oxidation sites excluding steroid dienone is 1. The summed E-state index contributed by atoms with van der Waals surface area (Å²) in [6, 6.07) is 8.88. The highest BCUT2D eigenvalue weighted by molar-refractivity contribution is 5.86. The fourth-order valence-corrected chi connectivity index (χ4v) is 2.25. The first-order valence-corrected chi connectivity index (χ1v) is 8.99. The van der Waals surface area contributed by atoms with Gasteiger partial charge in [-0.3, -0.25) is 4.99 Å². The minimum Gasteiger partial charge on any atom is -0.258 e. The van der Waals surface area contributed by atoms with Crippen molar-refractivity contribution in [3.05, 3.63) is 41.0 Å². The van der Waals surface area contributed by atoms with Crippen molar-refractivity contribution in [2.45, 2.75) is 87.0 Å². The van der Waals surface area contributed by atoms with E-state index in [-0.39, 0.29) is 5.41 Å². The van der Waals surface area contributed by atoms with E-state index in [1.807, 2.05) is 0 Å². The maximum absolute atomic E-state index is 4.75. The van der Waals surface area contributed by atoms with E-state index in [4.69, 9.17) is 4.99 Å². The topological polar surface area (TPSA) is 12.4 Å². The molecule has 0 fully saturated rings. The van der Waals surface area contributed by atoms with Gasteiger partial charge in [-0.1, -0.05) is 78.6 Å². The standard InChI is InChI=1S/C19H29N.C3H8/c1-8-9-15(4)18(20-14(2)3)16-10-12-17(13-11-16)19(5,6)7;1-3-2/h10-13H,8-9H2,1-7H3;3H2,1-2H3/b18-15-;. The number of aliphatic imine (C=N–C) groups is 1. The fraction of sp³-hybridized carbons (Fsp3) is 0.591. The summed E-state index contributed by atoms with van der Waals surface area (Å²) in [5.74, 6) is 0. The van der Waals surface area contributed by atoms with Crippen molar-refractivity contribution >= 4 is 11.4 Å². The minimum absolute atomic E-state index is 0.199. The molecule has 1 aromatic rings. The Kier molecular flexibility index (Phi) is 9.79. The van der Waals surface area contributed by atoms with Gasteiger partial charge in [0.1, 0.15) is 0 Å². The van der Waals surface area contributed by atoms with Crippen molar-refractivity contribution in [1.82, 2.24) is 0 Å². The molecule has 1 aromatic carbocycles. The highest BCUT2D eigenvalue weighted by atomic mass is 14.8. The molecule has 130 valence electrons. The van der Waals surface area contributed by atoms with Crippen LogP contribution in [-0.4, -0.2) is 5.71 Å². The molecule has 0 bridgehead atoms. The quantitative estimate of drug-likeness (QED) is 0.513. The zero-order chi connectivity index (χ0) is 18.0. The minimum atomic E-state index is 0.199. The average Bonchev–Trinajstić information content (AvgIpc) is 2.45. The number of hydrogen-bond donors (Lipinski definition) is 0. The van der Waals surface area contributed by atoms with Crippen molar-refractivity contribution in [1.29, 1.82) is 0 Å². The van der Waals surface area contributed by atoms with Gasteiger partial charge in [0.05, 0.1) is 5.70 Å². The van der Waals surface area contributed by atoms with Gasteiger partial charge in [-0.2, -0.15) is 0 Å². The molecule has 0 amide bonds. The molecule has 0 aliphatic carbocycles. The number of rotatable bonds is 4. The lowest BCUT2D eigenvalue weighted by Gasteiger charge is -2.19. The Morgan fingerprint density at radius 3 is 1.74 bits per heavy atom. The summed E-state index contributed by atoms with van der Waals surface area (Å²) in [6.07, 6.45) is 3.51. The van der Waals surface area contributed by atoms with Gasteiger partial charge in [0, 0.05) is 11.3 Å². The second kappa shape index (κ2) is 10.4. The third-order valence-electron chi connectivity index (χ3n) is 3.39. The van der Waals surface area contributed by atoms with Gasteiger partial charge >= 0.3 is 0 Å². The summed E-state index contributed by atoms with van der Waals surface area (Å²) >= 11 is 0. The third-order valence-corrected chi connectivity index (χ3v) is 3.39. The second-order valence-corrected chi connectivity index (χ2v) is 7.47. The number of benzene rings is 1. The molecule has 0 unspecified atom stereocenters. The maximum atomic E-state index is 4.75. The van der Waals surface area contributed by atoms with E-state index in [9.17, 15) is 0 Å². The van der Waals surface area contributed by atoms with E-state index in [1.165, 1.54) is 23.1 Å². The predicted octanol–water partition coefficient (Wildman–Crippen LogP) is 7.41. The van der Waals surface area contributed by atoms with Crippen molar-refractivity contribution in [3.8, 4) is 0 Å². The van der Waals surface area contributed by atoms with E-state index in [1.54, 1.807) is 0 Å². The van der Waals surface area contributed by atoms with E-state index in [0.29, 0.717) is 0 Å². The highest BCUT2D eigenvalue weighted by Gasteiger charge is 2.13. The Morgan fingerprint density at radius 2 is 1.39 bits per heavy atom. The van der Waals surface area contributed by atoms with E-state index < -0.39 is 0 Å². The normalized spacial score (nSPS) is 12.0. The van der Waals surface area contributed by atoms with E-state index in [0.717, 1.165) is 24.3 Å². The van der Waals surface area contributed by atoms with Crippen LogP contribution in [-0.2, 0) is 5.41 Å². The summed E-state index contributed by atoms with van der Waals surface area (Å²) in [5, 5.41) is 0. The molecule has 0 atom stereocenters. The molecule has 0 spiro atoms. The molecule has 0 N–H and O–H groups in total. The van der Waals surface area contributed by atoms with Crippen LogP contribution in [0.15, 0.2) is 34.8 Å². The Bertz CT molecular complexity index is 506. The van der Waals surface area contributed by atoms with Gasteiger partial charge in [-0.25, -0.2) is 0 Å². The average molecular weight is 316 g/mol. The first kappa shape index (κ1) is 21.6. The monoisotopic (exact) mass is 315 g/mol. The van der Waals surface area contributed by atoms with Gasteiger partial charge in [-0.05, 0) is 43.7 Å². The predicted molar refractivity (Wildman–Crippen MR) is 107 cm³/mol. The van der Waals surface area contributed by atoms with Crippen molar-refractivity contribution < 1.29 is 0 Å². The van der Waals surface area contributed by atoms with Crippen LogP contribution >= 0.6 is 0 Å². The molecule has 0 aliphatic rings. The molecule has 0 aromatic heterocycles. The molecular formula is C22H37N. The van der Waals surface area contributed by atoms with Crippen LogP contribution in [0.25, 0.3) is 5.70 Å². The van der Waals surface area contributed by atoms with Crippen LogP contribution in [0.5, 0.6) is 0 Å². The molecule has 23 heavy (non-hydrogen) atoms. The Morgan fingerprint density at radius 1 is 0.913 bits per heavy atom. The van der Waals surface area contributed by atoms with Gasteiger partial charge < -0.3 is 0 Å². The lowest BCUT2D eigenvalue weighted by atomic mass is 9.86. The van der Waals surface area contributed by atoms with Crippen LogP contribution in [0.2, 0.25) is 0 Å². The third kappa shape index (κ3) is 8.16. The molecule has 0 heterocycles. The smallest absolute Gasteiger partial charge is 0.0690 e. The van der Waals surface area contributed by atoms with Crippen molar-refractivity contribution in [2.75, 3.05) is 0 Å². The molecular weight excluding hydrogens is 278 g/mol. The molecule has 1 rings (SSSR count). The molecule has 0 saturated carbocycles. The van der Waals surface area contributed by atoms with Crippen molar-refractivity contribution in [3.63, 3.8) is 0 Å². The maximum Gasteiger partial charge on any atom is 0.0690 e. The summed E-state index contributed by atoms with van der Waals surface area (Å²) < 4.78 is 0. The largest absolute Gasteiger partial charge is 0.258 e. The molecule has 1 heteroatoms. The van der Waals surface area contributed by atoms with Crippen LogP contribution in [0.3, 0.4) is 0 Å². The Hall–Kier alpha value is -1.37. The Balaban J connectivity index is 0.00000149. The van der Waals surface area contributed by atoms with Crippen LogP contribution in [0.4, 0.5) is 0 Å². The molecule has 1 nitrogen and oxygen atoms in total. The SMILES string of the molecule is CCC.CCC/C(C)=C(\N=C(C)C)c1ccc(C(C)(C)C)cc1.